The van der Waals surface area contributed by atoms with E-state index in [0.717, 1.165) is 6.08 Å². The quantitative estimate of drug-likeness (QED) is 0.450. The predicted molar refractivity (Wildman–Crippen MR) is 101 cm³/mol. The van der Waals surface area contributed by atoms with Crippen LogP contribution in [0, 0.1) is 0 Å². The summed E-state index contributed by atoms with van der Waals surface area (Å²) in [5, 5.41) is 24.2. The number of cyclic esters (lactones) is 1. The van der Waals surface area contributed by atoms with Crippen molar-refractivity contribution in [2.45, 2.75) is 6.42 Å². The molecule has 0 radical (unpaired) electrons. The number of aromatic nitrogens is 2. The molecule has 3 N–H and O–H groups in total. The third-order valence-electron chi connectivity index (χ3n) is 3.96. The van der Waals surface area contributed by atoms with Crippen LogP contribution in [0.1, 0.15) is 21.6 Å². The van der Waals surface area contributed by atoms with Crippen molar-refractivity contribution in [3.63, 3.8) is 0 Å². The minimum Gasteiger partial charge on any atom is -0.481 e. The van der Waals surface area contributed by atoms with Crippen molar-refractivity contribution in [1.82, 2.24) is 10.2 Å². The van der Waals surface area contributed by atoms with Gasteiger partial charge in [0.1, 0.15) is 5.76 Å². The topological polar surface area (TPSA) is 147 Å². The first kappa shape index (κ1) is 19.5. The average Bonchev–Trinajstić information content (AvgIpc) is 3.00. The fraction of sp³-hybridized carbons (Fsp3) is 0.0500. The monoisotopic (exact) mass is 394 g/mol. The second-order valence-corrected chi connectivity index (χ2v) is 5.90. The van der Waals surface area contributed by atoms with Crippen LogP contribution in [0.4, 0.5) is 0 Å². The van der Waals surface area contributed by atoms with Crippen molar-refractivity contribution < 1.29 is 29.3 Å². The first-order valence-electron chi connectivity index (χ1n) is 8.31. The van der Waals surface area contributed by atoms with Crippen molar-refractivity contribution in [3.05, 3.63) is 81.8 Å². The predicted octanol–water partition coefficient (Wildman–Crippen LogP) is 1.83. The van der Waals surface area contributed by atoms with Crippen LogP contribution in [0.5, 0.6) is 0 Å². The molecule has 146 valence electrons. The fourth-order valence-electron chi connectivity index (χ4n) is 2.75. The molecule has 0 saturated heterocycles. The number of nitrogens with zero attached hydrogens (tertiary/aromatic N) is 1. The standard InChI is InChI=1S/C10H8N2O3.C10H6O4/c13-9(14)5-8-6-3-1-2-4-7(6)10(15)12-11-8;11-9(12)5-8-6-3-1-2-4-7(6)10(13)14-8/h1-4H,5H2,(H,12,15)(H,13,14);1-5H,(H,11,12). The highest BCUT2D eigenvalue weighted by molar-refractivity contribution is 6.05. The molecule has 2 heterocycles. The number of aliphatic carboxylic acids is 2. The lowest BCUT2D eigenvalue weighted by atomic mass is 10.1. The second kappa shape index (κ2) is 8.17. The molecule has 1 aromatic heterocycles. The van der Waals surface area contributed by atoms with Crippen LogP contribution in [0.3, 0.4) is 0 Å². The number of hydrogen-bond donors (Lipinski definition) is 3. The number of esters is 1. The molecule has 3 aromatic rings. The lowest BCUT2D eigenvalue weighted by Crippen LogP contribution is -2.13. The highest BCUT2D eigenvalue weighted by atomic mass is 16.5. The van der Waals surface area contributed by atoms with Gasteiger partial charge in [0.25, 0.3) is 5.56 Å². The number of carbonyl (C=O) groups is 3. The van der Waals surface area contributed by atoms with Gasteiger partial charge in [-0.15, -0.1) is 0 Å². The van der Waals surface area contributed by atoms with Crippen molar-refractivity contribution >= 4 is 34.4 Å². The number of rotatable bonds is 3. The van der Waals surface area contributed by atoms with Gasteiger partial charge in [0.05, 0.1) is 29.1 Å². The van der Waals surface area contributed by atoms with E-state index in [-0.39, 0.29) is 17.7 Å². The number of fused-ring (bicyclic) bond motifs is 2. The number of carboxylic acids is 2. The Kier molecular flexibility index (Phi) is 5.49. The molecule has 0 bridgehead atoms. The number of carboxylic acid groups (broad SMARTS) is 2. The Morgan fingerprint density at radius 2 is 1.59 bits per heavy atom. The Morgan fingerprint density at radius 3 is 2.24 bits per heavy atom. The number of ether oxygens (including phenoxy) is 1. The van der Waals surface area contributed by atoms with Crippen molar-refractivity contribution in [3.8, 4) is 0 Å². The maximum Gasteiger partial charge on any atom is 0.344 e. The molecule has 2 aromatic carbocycles. The second-order valence-electron chi connectivity index (χ2n) is 5.90. The first-order valence-corrected chi connectivity index (χ1v) is 8.31. The van der Waals surface area contributed by atoms with Crippen LogP contribution in [-0.2, 0) is 20.7 Å². The Bertz CT molecular complexity index is 1210. The van der Waals surface area contributed by atoms with Gasteiger partial charge in [0.2, 0.25) is 0 Å². The van der Waals surface area contributed by atoms with Crippen LogP contribution < -0.4 is 5.56 Å². The smallest absolute Gasteiger partial charge is 0.344 e. The van der Waals surface area contributed by atoms with Gasteiger partial charge in [0, 0.05) is 10.9 Å². The van der Waals surface area contributed by atoms with Gasteiger partial charge in [-0.05, 0) is 12.1 Å². The summed E-state index contributed by atoms with van der Waals surface area (Å²) >= 11 is 0. The summed E-state index contributed by atoms with van der Waals surface area (Å²) in [6, 6.07) is 13.5. The van der Waals surface area contributed by atoms with Crippen molar-refractivity contribution in [2.24, 2.45) is 0 Å². The number of benzene rings is 2. The zero-order valence-electron chi connectivity index (χ0n) is 14.8. The van der Waals surface area contributed by atoms with E-state index in [2.05, 4.69) is 10.2 Å². The first-order chi connectivity index (χ1) is 13.9. The van der Waals surface area contributed by atoms with Gasteiger partial charge < -0.3 is 14.9 Å². The summed E-state index contributed by atoms with van der Waals surface area (Å²) in [5.41, 5.74) is 0.998. The normalized spacial score (nSPS) is 13.4. The molecule has 0 aliphatic carbocycles. The molecule has 4 rings (SSSR count). The third kappa shape index (κ3) is 4.35. The summed E-state index contributed by atoms with van der Waals surface area (Å²) in [6.07, 6.45) is 0.682. The van der Waals surface area contributed by atoms with E-state index in [4.69, 9.17) is 14.9 Å². The van der Waals surface area contributed by atoms with Gasteiger partial charge in [-0.1, -0.05) is 36.4 Å². The van der Waals surface area contributed by atoms with Gasteiger partial charge in [-0.3, -0.25) is 9.59 Å². The molecule has 29 heavy (non-hydrogen) atoms. The van der Waals surface area contributed by atoms with Gasteiger partial charge >= 0.3 is 17.9 Å². The van der Waals surface area contributed by atoms with Gasteiger partial charge in [0.15, 0.2) is 0 Å². The molecule has 0 spiro atoms. The average molecular weight is 394 g/mol. The number of nitrogens with one attached hydrogen (secondary N) is 1. The molecule has 0 unspecified atom stereocenters. The summed E-state index contributed by atoms with van der Waals surface area (Å²) < 4.78 is 4.78. The Balaban J connectivity index is 0.000000166. The molecular weight excluding hydrogens is 380 g/mol. The van der Waals surface area contributed by atoms with E-state index < -0.39 is 17.9 Å². The van der Waals surface area contributed by atoms with E-state index >= 15 is 0 Å². The minimum absolute atomic E-state index is 0.0955. The zero-order chi connectivity index (χ0) is 21.0. The van der Waals surface area contributed by atoms with Crippen LogP contribution >= 0.6 is 0 Å². The number of carbonyl (C=O) groups excluding carboxylic acids is 1. The molecule has 1 aliphatic rings. The van der Waals surface area contributed by atoms with E-state index in [1.54, 1.807) is 48.5 Å². The van der Waals surface area contributed by atoms with Gasteiger partial charge in [-0.2, -0.15) is 5.10 Å². The molecule has 1 aliphatic heterocycles. The van der Waals surface area contributed by atoms with Crippen LogP contribution in [0.2, 0.25) is 0 Å². The Labute approximate surface area is 162 Å². The molecule has 0 amide bonds. The highest BCUT2D eigenvalue weighted by Crippen LogP contribution is 2.28. The van der Waals surface area contributed by atoms with Gasteiger partial charge in [-0.25, -0.2) is 14.7 Å². The maximum atomic E-state index is 11.4. The molecule has 0 fully saturated rings. The number of hydrogen-bond acceptors (Lipinski definition) is 6. The van der Waals surface area contributed by atoms with E-state index in [1.807, 2.05) is 0 Å². The zero-order valence-corrected chi connectivity index (χ0v) is 14.8. The highest BCUT2D eigenvalue weighted by Gasteiger charge is 2.26. The Hall–Kier alpha value is -4.27. The summed E-state index contributed by atoms with van der Waals surface area (Å²) in [6.45, 7) is 0. The number of H-pyrrole nitrogens is 1. The van der Waals surface area contributed by atoms with Crippen LogP contribution in [0.15, 0.2) is 59.4 Å². The molecule has 0 saturated carbocycles. The van der Waals surface area contributed by atoms with E-state index in [9.17, 15) is 19.2 Å². The van der Waals surface area contributed by atoms with Crippen molar-refractivity contribution in [1.29, 1.82) is 0 Å². The lowest BCUT2D eigenvalue weighted by molar-refractivity contribution is -0.136. The molecular formula is C20H14N2O7. The van der Waals surface area contributed by atoms with Crippen molar-refractivity contribution in [2.75, 3.05) is 0 Å². The minimum atomic E-state index is -1.13. The molecule has 9 nitrogen and oxygen atoms in total. The van der Waals surface area contributed by atoms with Crippen LogP contribution in [-0.4, -0.2) is 38.3 Å². The Morgan fingerprint density at radius 1 is 0.966 bits per heavy atom. The summed E-state index contributed by atoms with van der Waals surface area (Å²) in [7, 11) is 0. The van der Waals surface area contributed by atoms with Crippen LogP contribution in [0.25, 0.3) is 16.5 Å². The number of aromatic amines is 1. The molecule has 0 atom stereocenters. The maximum absolute atomic E-state index is 11.4. The van der Waals surface area contributed by atoms with E-state index in [1.165, 1.54) is 0 Å². The third-order valence-corrected chi connectivity index (χ3v) is 3.96. The summed E-state index contributed by atoms with van der Waals surface area (Å²) in [4.78, 5) is 43.5. The fourth-order valence-corrected chi connectivity index (χ4v) is 2.75. The van der Waals surface area contributed by atoms with E-state index in [0.29, 0.717) is 27.6 Å². The molecule has 9 heteroatoms. The summed E-state index contributed by atoms with van der Waals surface area (Å²) in [5.74, 6) is -2.52. The SMILES string of the molecule is O=C(O)C=C1OC(=O)c2ccccc21.O=C(O)Cc1n[nH]c(=O)c2ccccc12. The lowest BCUT2D eigenvalue weighted by Gasteiger charge is -2.01. The largest absolute Gasteiger partial charge is 0.481 e.